The molecule has 12 rings (SSSR count). The van der Waals surface area contributed by atoms with Crippen LogP contribution in [0, 0.1) is 25.0 Å². The number of hydrogen-bond donors (Lipinski definition) is 0. The van der Waals surface area contributed by atoms with Gasteiger partial charge in [0.05, 0.1) is 0 Å². The molecule has 3 aromatic heterocycles. The molecule has 0 bridgehead atoms. The number of pyridine rings is 2. The third kappa shape index (κ3) is 8.99. The van der Waals surface area contributed by atoms with Crippen molar-refractivity contribution in [2.45, 2.75) is 50.6 Å². The van der Waals surface area contributed by atoms with E-state index >= 15 is 0 Å². The molecule has 0 aliphatic carbocycles. The van der Waals surface area contributed by atoms with E-state index < -0.39 is 13.3 Å². The van der Waals surface area contributed by atoms with Crippen LogP contribution in [0.2, 0.25) is 17.3 Å². The van der Waals surface area contributed by atoms with Crippen LogP contribution in [0.3, 0.4) is 0 Å². The normalized spacial score (nSPS) is 13.3. The largest absolute Gasteiger partial charge is 3.00 e. The molecule has 0 saturated carbocycles. The maximum Gasteiger partial charge on any atom is 3.00 e. The van der Waals surface area contributed by atoms with Crippen LogP contribution in [0.15, 0.2) is 188 Å². The van der Waals surface area contributed by atoms with E-state index in [4.69, 9.17) is 15.3 Å². The van der Waals surface area contributed by atoms with Gasteiger partial charge in [-0.1, -0.05) is 132 Å². The van der Waals surface area contributed by atoms with Gasteiger partial charge in [-0.05, 0) is 63.5 Å². The van der Waals surface area contributed by atoms with Gasteiger partial charge in [-0.25, -0.2) is 4.98 Å². The van der Waals surface area contributed by atoms with Gasteiger partial charge < -0.3 is 10.2 Å². The zero-order valence-corrected chi connectivity index (χ0v) is 45.6. The predicted molar refractivity (Wildman–Crippen MR) is 297 cm³/mol. The summed E-state index contributed by atoms with van der Waals surface area (Å²) < 4.78 is 2.72. The number of thiophene rings is 1. The summed E-state index contributed by atoms with van der Waals surface area (Å²) in [6, 6.07) is 71.7. The van der Waals surface area contributed by atoms with Crippen molar-refractivity contribution in [3.8, 4) is 33.5 Å². The molecule has 0 spiro atoms. The van der Waals surface area contributed by atoms with Crippen molar-refractivity contribution in [1.82, 2.24) is 9.97 Å². The summed E-state index contributed by atoms with van der Waals surface area (Å²) >= 11 is -0.114. The van der Waals surface area contributed by atoms with E-state index in [1.54, 1.807) is 15.7 Å². The van der Waals surface area contributed by atoms with Crippen molar-refractivity contribution in [2.75, 3.05) is 4.90 Å². The molecule has 0 saturated heterocycles. The molecule has 11 aromatic rings. The Bertz CT molecular complexity index is 3660. The minimum atomic E-state index is -1.86. The van der Waals surface area contributed by atoms with Gasteiger partial charge in [0.2, 0.25) is 0 Å². The van der Waals surface area contributed by atoms with Crippen LogP contribution in [-0.2, 0) is 26.5 Å². The van der Waals surface area contributed by atoms with Crippen LogP contribution in [-0.4, -0.2) is 23.2 Å². The molecule has 7 heteroatoms. The molecule has 1 aliphatic heterocycles. The van der Waals surface area contributed by atoms with Gasteiger partial charge in [0.1, 0.15) is 4.83 Å². The van der Waals surface area contributed by atoms with Crippen molar-refractivity contribution >= 4 is 87.9 Å². The zero-order chi connectivity index (χ0) is 47.2. The zero-order valence-electron chi connectivity index (χ0n) is 40.3. The topological polar surface area (TPSA) is 43.1 Å². The molecule has 70 heavy (non-hydrogen) atoms. The summed E-state index contributed by atoms with van der Waals surface area (Å²) in [5.74, 6) is 7.99. The average molecular weight is 1160 g/mol. The fraction of sp³-hybridized carbons (Fsp3) is 0.143. The molecule has 0 radical (unpaired) electrons. The van der Waals surface area contributed by atoms with Crippen LogP contribution in [0.1, 0.15) is 36.8 Å². The van der Waals surface area contributed by atoms with E-state index in [1.807, 2.05) is 18.2 Å². The molecule has 4 nitrogen and oxygen atoms in total. The monoisotopic (exact) mass is 1160 g/mol. The first-order valence-corrected chi connectivity index (χ1v) is 32.1. The van der Waals surface area contributed by atoms with E-state index in [9.17, 15) is 0 Å². The molecular weight excluding hydrogens is 1110 g/mol. The summed E-state index contributed by atoms with van der Waals surface area (Å²) in [6.07, 6.45) is 2.92. The summed E-state index contributed by atoms with van der Waals surface area (Å²) in [5.41, 5.74) is 13.6. The minimum absolute atomic E-state index is 0. The standard InChI is InChI=1S/C45H29N3S.C18H24GeN.Ir/c1-28-23-25-38-37-21-12-22-39(43(37)49-45(38)46-28)44-47-41-35-19-10-8-17-33(35)34-18-9-11-20-36(34)42(41)48(44)40-27-31(29-13-4-2-5-14-29)24-26-32(40)30-15-6-3-7-16-30;1-14(2)11-16-12-18(15-9-7-6-8-10-15)20-13-17(16)19(3,4)5;/h2-21,23-27,44H,1H3;6-9,12-14H,11H2,1-5H3;/q-2;-1;+3. The number of nitrogens with zero attached hydrogens (tertiary/aromatic N) is 4. The molecule has 1 unspecified atom stereocenters. The Labute approximate surface area is 432 Å². The molecule has 1 aliphatic rings. The number of hydrogen-bond acceptors (Lipinski definition) is 4. The first-order chi connectivity index (χ1) is 33.6. The minimum Gasteiger partial charge on any atom is -0.661 e. The maximum atomic E-state index is 5.71. The van der Waals surface area contributed by atoms with E-state index in [-0.39, 0.29) is 26.3 Å². The predicted octanol–water partition coefficient (Wildman–Crippen LogP) is 17.3. The molecular formula is C63H53GeIrN4S. The Kier molecular flexibility index (Phi) is 13.4. The quantitative estimate of drug-likeness (QED) is 0.0865. The van der Waals surface area contributed by atoms with E-state index in [0.717, 1.165) is 72.9 Å². The van der Waals surface area contributed by atoms with E-state index in [0.29, 0.717) is 5.92 Å². The molecule has 344 valence electrons. The number of benzene rings is 8. The van der Waals surface area contributed by atoms with Gasteiger partial charge in [-0.2, -0.15) is 29.5 Å². The van der Waals surface area contributed by atoms with Crippen molar-refractivity contribution in [3.05, 3.63) is 222 Å². The average Bonchev–Trinajstić information content (AvgIpc) is 3.96. The molecule has 0 amide bonds. The number of rotatable bonds is 8. The number of aromatic nitrogens is 2. The summed E-state index contributed by atoms with van der Waals surface area (Å²) in [5, 5.41) is 12.9. The molecule has 0 N–H and O–H groups in total. The van der Waals surface area contributed by atoms with Crippen molar-refractivity contribution in [1.29, 1.82) is 0 Å². The van der Waals surface area contributed by atoms with Gasteiger partial charge in [0.15, 0.2) is 0 Å². The fourth-order valence-electron chi connectivity index (χ4n) is 10.0. The maximum absolute atomic E-state index is 5.71. The van der Waals surface area contributed by atoms with Gasteiger partial charge in [0.25, 0.3) is 0 Å². The Morgan fingerprint density at radius 3 is 2.01 bits per heavy atom. The van der Waals surface area contributed by atoms with Crippen LogP contribution >= 0.6 is 11.3 Å². The Morgan fingerprint density at radius 2 is 1.31 bits per heavy atom. The van der Waals surface area contributed by atoms with Gasteiger partial charge in [-0.15, -0.1) is 16.6 Å². The van der Waals surface area contributed by atoms with Crippen molar-refractivity contribution in [3.63, 3.8) is 0 Å². The third-order valence-corrected chi connectivity index (χ3v) is 18.7. The van der Waals surface area contributed by atoms with Crippen molar-refractivity contribution in [2.24, 2.45) is 5.92 Å². The van der Waals surface area contributed by atoms with Crippen LogP contribution in [0.5, 0.6) is 0 Å². The Balaban J connectivity index is 0.000000229. The van der Waals surface area contributed by atoms with E-state index in [2.05, 4.69) is 225 Å². The SMILES string of the molecule is CC(C)Cc1cc(-c2[c-]cccc2)nc[c]1[Ge]([CH3])([CH3])[CH3].Cc1ccc2c(n1)sc1c(C3[N-]c4c(c5ccccc5c5ccccc45)N3c3cc(-c4ccccc4)ccc3-c3ccccc3)[c-]ccc12.[Ir+3]. The summed E-state index contributed by atoms with van der Waals surface area (Å²) in [6.45, 7) is 6.63. The second kappa shape index (κ2) is 19.8. The smallest absolute Gasteiger partial charge is 0.661 e. The second-order valence-electron chi connectivity index (χ2n) is 19.5. The molecule has 0 fully saturated rings. The second-order valence-corrected chi connectivity index (χ2v) is 31.1. The van der Waals surface area contributed by atoms with Gasteiger partial charge in [-0.3, -0.25) is 0 Å². The fourth-order valence-corrected chi connectivity index (χ4v) is 14.6. The van der Waals surface area contributed by atoms with Crippen LogP contribution < -0.4 is 9.30 Å². The summed E-state index contributed by atoms with van der Waals surface area (Å²) in [7, 11) is 0. The molecule has 8 aromatic carbocycles. The molecule has 1 atom stereocenters. The van der Waals surface area contributed by atoms with Crippen molar-refractivity contribution < 1.29 is 20.1 Å². The first-order valence-electron chi connectivity index (χ1n) is 24.0. The first kappa shape index (κ1) is 47.3. The Morgan fingerprint density at radius 1 is 0.643 bits per heavy atom. The number of anilines is 2. The molecule has 4 heterocycles. The van der Waals surface area contributed by atoms with Crippen LogP contribution in [0.4, 0.5) is 17.1 Å². The number of aryl methyl sites for hydroxylation is 1. The number of fused-ring (bicyclic) bond motifs is 9. The summed E-state index contributed by atoms with van der Waals surface area (Å²) in [4.78, 5) is 13.2. The van der Waals surface area contributed by atoms with Gasteiger partial charge in [0, 0.05) is 28.0 Å². The third-order valence-electron chi connectivity index (χ3n) is 13.2. The van der Waals surface area contributed by atoms with E-state index in [1.165, 1.54) is 42.8 Å². The Hall–Kier alpha value is -6.41. The van der Waals surface area contributed by atoms with Crippen LogP contribution in [0.25, 0.3) is 80.7 Å². The van der Waals surface area contributed by atoms with Gasteiger partial charge >= 0.3 is 146 Å².